The smallest absolute Gasteiger partial charge is 0.240 e. The predicted octanol–water partition coefficient (Wildman–Crippen LogP) is 1.81. The molecule has 0 fully saturated rings. The van der Waals surface area contributed by atoms with E-state index < -0.39 is 5.91 Å². The topological polar surface area (TPSA) is 93.9 Å². The Labute approximate surface area is 119 Å². The fourth-order valence-corrected chi connectivity index (χ4v) is 1.11. The van der Waals surface area contributed by atoms with E-state index in [2.05, 4.69) is 32.0 Å². The van der Waals surface area contributed by atoms with Gasteiger partial charge in [0.2, 0.25) is 5.91 Å². The van der Waals surface area contributed by atoms with Crippen molar-refractivity contribution in [2.45, 2.75) is 0 Å². The molecule has 0 spiro atoms. The fourth-order valence-electron chi connectivity index (χ4n) is 1.11. The van der Waals surface area contributed by atoms with Crippen LogP contribution in [0.15, 0.2) is 61.9 Å². The van der Waals surface area contributed by atoms with Crippen LogP contribution in [-0.4, -0.2) is 23.9 Å². The van der Waals surface area contributed by atoms with Gasteiger partial charge in [0, 0.05) is 13.1 Å². The third-order valence-corrected chi connectivity index (χ3v) is 1.91. The van der Waals surface area contributed by atoms with E-state index in [-0.39, 0.29) is 5.57 Å². The monoisotopic (exact) mass is 270 g/mol. The second-order valence-electron chi connectivity index (χ2n) is 3.28. The van der Waals surface area contributed by atoms with Crippen molar-refractivity contribution in [2.24, 2.45) is 5.73 Å². The van der Waals surface area contributed by atoms with Gasteiger partial charge in [-0.25, -0.2) is 0 Å². The number of nitrogens with two attached hydrogens (primary N) is 1. The summed E-state index contributed by atoms with van der Waals surface area (Å²) < 4.78 is 0. The van der Waals surface area contributed by atoms with Crippen LogP contribution in [0.3, 0.4) is 0 Å². The van der Waals surface area contributed by atoms with Gasteiger partial charge < -0.3 is 10.6 Å². The maximum Gasteiger partial charge on any atom is 0.240 e. The number of nitrogens with zero attached hydrogens (tertiary/aromatic N) is 3. The van der Waals surface area contributed by atoms with Gasteiger partial charge in [-0.1, -0.05) is 25.3 Å². The molecule has 5 heteroatoms. The molecule has 0 aromatic rings. The first-order chi connectivity index (χ1) is 9.51. The van der Waals surface area contributed by atoms with E-state index in [4.69, 9.17) is 10.5 Å². The van der Waals surface area contributed by atoms with Gasteiger partial charge in [0.15, 0.2) is 5.57 Å². The Morgan fingerprint density at radius 1 is 1.05 bits per heavy atom. The quantitative estimate of drug-likeness (QED) is 0.330. The van der Waals surface area contributed by atoms with E-state index in [1.54, 1.807) is 17.1 Å². The zero-order valence-electron chi connectivity index (χ0n) is 11.4. The number of carbonyl (C=O) groups is 1. The molecule has 0 atom stereocenters. The molecule has 0 aliphatic heterocycles. The fraction of sp³-hybridized carbons (Fsp3) is 0.133. The highest BCUT2D eigenvalue weighted by Crippen LogP contribution is 2.11. The molecule has 104 valence electrons. The van der Waals surface area contributed by atoms with Crippen molar-refractivity contribution in [3.05, 3.63) is 61.9 Å². The number of allylic oxidation sites excluding steroid dienone is 2. The van der Waals surface area contributed by atoms with Crippen molar-refractivity contribution < 1.29 is 4.79 Å². The lowest BCUT2D eigenvalue weighted by Crippen LogP contribution is -2.23. The largest absolute Gasteiger partial charge is 0.366 e. The first kappa shape index (κ1) is 19.3. The maximum absolute atomic E-state index is 9.47. The van der Waals surface area contributed by atoms with Gasteiger partial charge in [0.05, 0.1) is 5.70 Å². The molecule has 0 rings (SSSR count). The van der Waals surface area contributed by atoms with Crippen LogP contribution < -0.4 is 5.73 Å². The highest BCUT2D eigenvalue weighted by Gasteiger charge is 2.09. The Kier molecular flexibility index (Phi) is 12.0. The average Bonchev–Trinajstić information content (AvgIpc) is 2.45. The number of rotatable bonds is 7. The molecule has 0 unspecified atom stereocenters. The van der Waals surface area contributed by atoms with Gasteiger partial charge in [-0.2, -0.15) is 10.5 Å². The van der Waals surface area contributed by atoms with Gasteiger partial charge in [0.1, 0.15) is 12.1 Å². The standard InChI is InChI=1S/C12H13N3.C3H5NO/c1-4-7-15(8-5-2)12(6-3)11(9-13)10-14;1-2-3(4)5/h4-6H,1-3,7-8H2;2H,1H2,(H2,4,5). The summed E-state index contributed by atoms with van der Waals surface area (Å²) >= 11 is 0. The molecular weight excluding hydrogens is 252 g/mol. The molecule has 0 heterocycles. The van der Waals surface area contributed by atoms with Crippen LogP contribution in [0.1, 0.15) is 0 Å². The SMILES string of the molecule is C=CC(N)=O.C=CCN(CC=C)C(C=C)=C(C#N)C#N. The molecule has 0 aliphatic rings. The summed E-state index contributed by atoms with van der Waals surface area (Å²) in [6.07, 6.45) is 5.94. The van der Waals surface area contributed by atoms with E-state index >= 15 is 0 Å². The first-order valence-electron chi connectivity index (χ1n) is 5.57. The van der Waals surface area contributed by atoms with Crippen LogP contribution >= 0.6 is 0 Å². The minimum atomic E-state index is -0.481. The van der Waals surface area contributed by atoms with Crippen molar-refractivity contribution in [3.8, 4) is 12.1 Å². The molecule has 0 radical (unpaired) electrons. The first-order valence-corrected chi connectivity index (χ1v) is 5.57. The van der Waals surface area contributed by atoms with E-state index in [0.717, 1.165) is 6.08 Å². The molecule has 1 amide bonds. The number of hydrogen-bond donors (Lipinski definition) is 1. The minimum Gasteiger partial charge on any atom is -0.366 e. The maximum atomic E-state index is 9.47. The Morgan fingerprint density at radius 2 is 1.45 bits per heavy atom. The van der Waals surface area contributed by atoms with Crippen LogP contribution in [0.5, 0.6) is 0 Å². The number of primary amides is 1. The Balaban J connectivity index is 0. The van der Waals surface area contributed by atoms with Crippen molar-refractivity contribution in [1.29, 1.82) is 10.5 Å². The molecule has 0 aromatic heterocycles. The third kappa shape index (κ3) is 8.10. The summed E-state index contributed by atoms with van der Waals surface area (Å²) in [6, 6.07) is 3.67. The van der Waals surface area contributed by atoms with E-state index in [9.17, 15) is 4.79 Å². The second kappa shape index (κ2) is 12.4. The molecule has 0 saturated carbocycles. The molecule has 20 heavy (non-hydrogen) atoms. The van der Waals surface area contributed by atoms with Crippen LogP contribution in [0.25, 0.3) is 0 Å². The molecule has 2 N–H and O–H groups in total. The summed E-state index contributed by atoms with van der Waals surface area (Å²) in [6.45, 7) is 15.0. The molecule has 5 nitrogen and oxygen atoms in total. The highest BCUT2D eigenvalue weighted by atomic mass is 16.1. The van der Waals surface area contributed by atoms with Gasteiger partial charge in [-0.15, -0.1) is 13.2 Å². The number of nitriles is 2. The van der Waals surface area contributed by atoms with E-state index in [1.807, 2.05) is 12.1 Å². The van der Waals surface area contributed by atoms with Crippen LogP contribution in [0.2, 0.25) is 0 Å². The molecule has 0 aliphatic carbocycles. The van der Waals surface area contributed by atoms with Gasteiger partial charge in [0.25, 0.3) is 0 Å². The Bertz CT molecular complexity index is 463. The van der Waals surface area contributed by atoms with Crippen molar-refractivity contribution in [3.63, 3.8) is 0 Å². The lowest BCUT2D eigenvalue weighted by molar-refractivity contribution is -0.113. The lowest BCUT2D eigenvalue weighted by atomic mass is 10.2. The summed E-state index contributed by atoms with van der Waals surface area (Å²) in [7, 11) is 0. The van der Waals surface area contributed by atoms with Crippen molar-refractivity contribution in [2.75, 3.05) is 13.1 Å². The number of hydrogen-bond acceptors (Lipinski definition) is 4. The van der Waals surface area contributed by atoms with Crippen molar-refractivity contribution >= 4 is 5.91 Å². The minimum absolute atomic E-state index is 0.0497. The van der Waals surface area contributed by atoms with Crippen molar-refractivity contribution in [1.82, 2.24) is 4.90 Å². The summed E-state index contributed by atoms with van der Waals surface area (Å²) in [5.74, 6) is -0.481. The Hall–Kier alpha value is -3.05. The van der Waals surface area contributed by atoms with E-state index in [1.165, 1.54) is 6.08 Å². The predicted molar refractivity (Wildman–Crippen MR) is 79.8 cm³/mol. The summed E-state index contributed by atoms with van der Waals surface area (Å²) in [5, 5.41) is 17.5. The summed E-state index contributed by atoms with van der Waals surface area (Å²) in [5.41, 5.74) is 5.10. The van der Waals surface area contributed by atoms with Gasteiger partial charge in [-0.05, 0) is 12.2 Å². The molecule has 0 bridgehead atoms. The zero-order valence-corrected chi connectivity index (χ0v) is 11.4. The average molecular weight is 270 g/mol. The van der Waals surface area contributed by atoms with Crippen LogP contribution in [-0.2, 0) is 4.79 Å². The third-order valence-electron chi connectivity index (χ3n) is 1.91. The number of carbonyl (C=O) groups excluding carboxylic acids is 1. The normalized spacial score (nSPS) is 7.50. The van der Waals surface area contributed by atoms with Gasteiger partial charge in [-0.3, -0.25) is 4.79 Å². The van der Waals surface area contributed by atoms with E-state index in [0.29, 0.717) is 18.8 Å². The lowest BCUT2D eigenvalue weighted by Gasteiger charge is -2.22. The number of amides is 1. The summed E-state index contributed by atoms with van der Waals surface area (Å²) in [4.78, 5) is 11.3. The van der Waals surface area contributed by atoms with Crippen LogP contribution in [0, 0.1) is 22.7 Å². The molecule has 0 saturated heterocycles. The highest BCUT2D eigenvalue weighted by molar-refractivity contribution is 5.84. The zero-order chi connectivity index (χ0) is 16.0. The Morgan fingerprint density at radius 3 is 1.65 bits per heavy atom. The van der Waals surface area contributed by atoms with Gasteiger partial charge >= 0.3 is 0 Å². The van der Waals surface area contributed by atoms with Crippen LogP contribution in [0.4, 0.5) is 0 Å². The molecule has 0 aromatic carbocycles. The second-order valence-corrected chi connectivity index (χ2v) is 3.28. The molecular formula is C15H18N4O.